The zero-order chi connectivity index (χ0) is 31.4. The fourth-order valence-corrected chi connectivity index (χ4v) is 5.37. The average molecular weight is 598 g/mol. The number of amides is 2. The zero-order valence-corrected chi connectivity index (χ0v) is 26.4. The van der Waals surface area contributed by atoms with E-state index in [2.05, 4.69) is 16.0 Å². The molecular weight excluding hydrogens is 550 g/mol. The smallest absolute Gasteiger partial charge is 0.219 e. The molecule has 0 bridgehead atoms. The highest BCUT2D eigenvalue weighted by molar-refractivity contribution is 5.83. The first-order valence-corrected chi connectivity index (χ1v) is 15.1. The number of methoxy groups -OCH3 is 3. The van der Waals surface area contributed by atoms with E-state index in [0.29, 0.717) is 61.9 Å². The number of unbranched alkanes of at least 4 members (excludes halogenated alkanes) is 2. The van der Waals surface area contributed by atoms with Gasteiger partial charge in [-0.05, 0) is 80.8 Å². The number of carbonyl (C=O) groups excluding carboxylic acids is 2. The summed E-state index contributed by atoms with van der Waals surface area (Å²) in [4.78, 5) is 37.6. The molecule has 0 aromatic heterocycles. The average Bonchev–Trinajstić information content (AvgIpc) is 3.21. The number of fused-ring (bicyclic) bond motifs is 3. The van der Waals surface area contributed by atoms with Crippen molar-refractivity contribution in [1.82, 2.24) is 10.6 Å². The maximum absolute atomic E-state index is 13.4. The summed E-state index contributed by atoms with van der Waals surface area (Å²) in [5.74, 6) is 1.42. The van der Waals surface area contributed by atoms with Crippen molar-refractivity contribution >= 4 is 17.5 Å². The minimum absolute atomic E-state index is 0.0506. The van der Waals surface area contributed by atoms with E-state index in [4.69, 9.17) is 18.9 Å². The summed E-state index contributed by atoms with van der Waals surface area (Å²) in [5.41, 5.74) is 3.60. The van der Waals surface area contributed by atoms with Gasteiger partial charge in [-0.25, -0.2) is 0 Å². The summed E-state index contributed by atoms with van der Waals surface area (Å²) in [5, 5.41) is 9.24. The number of hydrogen-bond acceptors (Lipinski definition) is 8. The van der Waals surface area contributed by atoms with Crippen LogP contribution in [0.15, 0.2) is 29.1 Å². The molecule has 1 unspecified atom stereocenters. The Morgan fingerprint density at radius 2 is 1.72 bits per heavy atom. The Hall–Kier alpha value is -3.79. The molecule has 1 aliphatic rings. The highest BCUT2D eigenvalue weighted by Gasteiger charge is 2.29. The number of anilines is 1. The molecule has 2 amide bonds. The van der Waals surface area contributed by atoms with Crippen LogP contribution in [0.2, 0.25) is 0 Å². The molecule has 43 heavy (non-hydrogen) atoms. The molecule has 0 saturated carbocycles. The lowest BCUT2D eigenvalue weighted by Crippen LogP contribution is -2.26. The predicted molar refractivity (Wildman–Crippen MR) is 168 cm³/mol. The van der Waals surface area contributed by atoms with E-state index in [1.54, 1.807) is 33.5 Å². The van der Waals surface area contributed by atoms with Gasteiger partial charge in [-0.2, -0.15) is 0 Å². The molecule has 0 fully saturated rings. The molecule has 10 heteroatoms. The summed E-state index contributed by atoms with van der Waals surface area (Å²) < 4.78 is 22.6. The highest BCUT2D eigenvalue weighted by atomic mass is 16.5. The lowest BCUT2D eigenvalue weighted by molar-refractivity contribution is -0.121. The van der Waals surface area contributed by atoms with Crippen molar-refractivity contribution in [3.8, 4) is 28.4 Å². The van der Waals surface area contributed by atoms with Crippen LogP contribution in [-0.2, 0) is 20.7 Å². The highest BCUT2D eigenvalue weighted by Crippen LogP contribution is 2.50. The lowest BCUT2D eigenvalue weighted by Gasteiger charge is -2.19. The molecule has 236 valence electrons. The number of rotatable bonds is 16. The fraction of sp³-hybridized carbons (Fsp3) is 0.545. The van der Waals surface area contributed by atoms with Gasteiger partial charge < -0.3 is 34.9 Å². The van der Waals surface area contributed by atoms with E-state index in [1.807, 2.05) is 26.0 Å². The third-order valence-electron chi connectivity index (χ3n) is 7.41. The number of ether oxygens (including phenoxy) is 4. The van der Waals surface area contributed by atoms with Gasteiger partial charge in [-0.3, -0.25) is 14.4 Å². The topological polar surface area (TPSA) is 124 Å². The number of aryl methyl sites for hydroxylation is 1. The maximum atomic E-state index is 13.4. The van der Waals surface area contributed by atoms with Crippen LogP contribution in [0.4, 0.5) is 5.69 Å². The molecule has 1 aliphatic carbocycles. The van der Waals surface area contributed by atoms with Crippen LogP contribution in [0.25, 0.3) is 11.1 Å². The van der Waals surface area contributed by atoms with Crippen LogP contribution in [0.3, 0.4) is 0 Å². The Morgan fingerprint density at radius 1 is 0.953 bits per heavy atom. The van der Waals surface area contributed by atoms with E-state index >= 15 is 0 Å². The van der Waals surface area contributed by atoms with Crippen molar-refractivity contribution in [1.29, 1.82) is 0 Å². The molecule has 3 rings (SSSR count). The Morgan fingerprint density at radius 3 is 2.40 bits per heavy atom. The number of carbonyl (C=O) groups is 2. The van der Waals surface area contributed by atoms with Crippen molar-refractivity contribution in [2.45, 2.75) is 77.9 Å². The molecule has 0 saturated heterocycles. The largest absolute Gasteiger partial charge is 0.493 e. The molecule has 2 aromatic carbocycles. The summed E-state index contributed by atoms with van der Waals surface area (Å²) in [7, 11) is 4.72. The standard InChI is InChI=1S/C33H47N3O7/c1-21(2)43-18-10-17-35-30(39)11-8-7-9-16-34-27-15-13-24-25(20-28(27)38)26(36-22(3)37)14-12-23-19-29(40-4)32(41-5)33(42-6)31(23)24/h13,15,19-21,26H,7-12,14,16-18H2,1-6H3,(H,34,38)(H,35,39)(H,36,37). The predicted octanol–water partition coefficient (Wildman–Crippen LogP) is 4.77. The summed E-state index contributed by atoms with van der Waals surface area (Å²) >= 11 is 0. The van der Waals surface area contributed by atoms with Crippen LogP contribution in [0.1, 0.15) is 76.5 Å². The second-order valence-electron chi connectivity index (χ2n) is 11.0. The molecular formula is C33H47N3O7. The van der Waals surface area contributed by atoms with E-state index in [9.17, 15) is 14.4 Å². The van der Waals surface area contributed by atoms with Crippen molar-refractivity contribution in [3.05, 3.63) is 45.6 Å². The van der Waals surface area contributed by atoms with Gasteiger partial charge in [0.2, 0.25) is 23.0 Å². The first kappa shape index (κ1) is 33.7. The minimum Gasteiger partial charge on any atom is -0.493 e. The van der Waals surface area contributed by atoms with Gasteiger partial charge in [0.05, 0.1) is 39.2 Å². The van der Waals surface area contributed by atoms with Crippen molar-refractivity contribution in [2.75, 3.05) is 46.3 Å². The van der Waals surface area contributed by atoms with Gasteiger partial charge in [0.25, 0.3) is 0 Å². The molecule has 0 heterocycles. The number of hydrogen-bond donors (Lipinski definition) is 3. The minimum atomic E-state index is -0.358. The molecule has 0 aliphatic heterocycles. The van der Waals surface area contributed by atoms with Gasteiger partial charge in [-0.1, -0.05) is 12.5 Å². The van der Waals surface area contributed by atoms with Crippen LogP contribution >= 0.6 is 0 Å². The van der Waals surface area contributed by atoms with Crippen molar-refractivity contribution in [3.63, 3.8) is 0 Å². The van der Waals surface area contributed by atoms with Gasteiger partial charge in [0.1, 0.15) is 0 Å². The third kappa shape index (κ3) is 9.35. The molecule has 3 N–H and O–H groups in total. The van der Waals surface area contributed by atoms with E-state index in [0.717, 1.165) is 47.9 Å². The van der Waals surface area contributed by atoms with E-state index in [1.165, 1.54) is 6.92 Å². The Labute approximate surface area is 254 Å². The van der Waals surface area contributed by atoms with Gasteiger partial charge in [-0.15, -0.1) is 0 Å². The Balaban J connectivity index is 1.73. The van der Waals surface area contributed by atoms with Gasteiger partial charge >= 0.3 is 0 Å². The zero-order valence-electron chi connectivity index (χ0n) is 26.4. The summed E-state index contributed by atoms with van der Waals surface area (Å²) in [6, 6.07) is 6.88. The molecule has 0 radical (unpaired) electrons. The van der Waals surface area contributed by atoms with Crippen LogP contribution < -0.4 is 35.6 Å². The molecule has 10 nitrogen and oxygen atoms in total. The Kier molecular flexibility index (Phi) is 13.1. The van der Waals surface area contributed by atoms with Crippen LogP contribution in [0.5, 0.6) is 17.2 Å². The van der Waals surface area contributed by atoms with E-state index in [-0.39, 0.29) is 29.4 Å². The quantitative estimate of drug-likeness (QED) is 0.237. The normalized spacial score (nSPS) is 13.8. The van der Waals surface area contributed by atoms with Crippen LogP contribution in [0, 0.1) is 0 Å². The summed E-state index contributed by atoms with van der Waals surface area (Å²) in [6.45, 7) is 7.32. The van der Waals surface area contributed by atoms with Gasteiger partial charge in [0, 0.05) is 38.6 Å². The second-order valence-corrected chi connectivity index (χ2v) is 11.0. The third-order valence-corrected chi connectivity index (χ3v) is 7.41. The maximum Gasteiger partial charge on any atom is 0.219 e. The summed E-state index contributed by atoms with van der Waals surface area (Å²) in [6.07, 6.45) is 5.16. The van der Waals surface area contributed by atoms with Crippen molar-refractivity contribution in [2.24, 2.45) is 0 Å². The molecule has 1 atom stereocenters. The SMILES string of the molecule is COc1cc2c(c(OC)c1OC)-c1ccc(NCCCCCC(=O)NCCCOC(C)C)c(=O)cc1C(NC(C)=O)CC2. The lowest BCUT2D eigenvalue weighted by atomic mass is 9.95. The number of nitrogens with one attached hydrogen (secondary N) is 3. The number of benzene rings is 1. The fourth-order valence-electron chi connectivity index (χ4n) is 5.37. The van der Waals surface area contributed by atoms with Crippen molar-refractivity contribution < 1.29 is 28.5 Å². The molecule has 0 spiro atoms. The molecule has 2 aromatic rings. The first-order valence-electron chi connectivity index (χ1n) is 15.1. The Bertz CT molecular complexity index is 1310. The van der Waals surface area contributed by atoms with E-state index < -0.39 is 0 Å². The monoisotopic (exact) mass is 597 g/mol. The van der Waals surface area contributed by atoms with Crippen LogP contribution in [-0.4, -0.2) is 58.9 Å². The first-order chi connectivity index (χ1) is 20.7. The second kappa shape index (κ2) is 16.7. The van der Waals surface area contributed by atoms with Gasteiger partial charge in [0.15, 0.2) is 11.5 Å².